The van der Waals surface area contributed by atoms with E-state index in [0.29, 0.717) is 0 Å². The van der Waals surface area contributed by atoms with E-state index in [4.69, 9.17) is 4.74 Å². The molecule has 1 saturated carbocycles. The molecule has 0 radical (unpaired) electrons. The average molecular weight is 197 g/mol. The molecular weight excluding hydrogens is 178 g/mol. The van der Waals surface area contributed by atoms with Gasteiger partial charge in [-0.15, -0.1) is 0 Å². The molecule has 3 heteroatoms. The smallest absolute Gasteiger partial charge is 0.326 e. The minimum absolute atomic E-state index is 0.0399. The molecule has 1 saturated heterocycles. The SMILES string of the molecule is CC1(C(=O)OC2CCC2)CCCCN1. The molecule has 1 N–H and O–H groups in total. The van der Waals surface area contributed by atoms with Crippen LogP contribution in [-0.2, 0) is 9.53 Å². The average Bonchev–Trinajstić information content (AvgIpc) is 2.12. The Hall–Kier alpha value is -0.570. The number of esters is 1. The summed E-state index contributed by atoms with van der Waals surface area (Å²) in [6.07, 6.45) is 6.75. The Morgan fingerprint density at radius 1 is 1.36 bits per heavy atom. The summed E-state index contributed by atoms with van der Waals surface area (Å²) >= 11 is 0. The van der Waals surface area contributed by atoms with Crippen LogP contribution in [0.15, 0.2) is 0 Å². The van der Waals surface area contributed by atoms with E-state index in [1.807, 2.05) is 6.92 Å². The molecule has 3 nitrogen and oxygen atoms in total. The largest absolute Gasteiger partial charge is 0.461 e. The highest BCUT2D eigenvalue weighted by Gasteiger charge is 2.37. The molecular formula is C11H19NO2. The normalized spacial score (nSPS) is 33.5. The molecule has 1 atom stereocenters. The molecule has 2 aliphatic rings. The third kappa shape index (κ3) is 1.92. The fourth-order valence-corrected chi connectivity index (χ4v) is 2.00. The van der Waals surface area contributed by atoms with Crippen LogP contribution in [0.2, 0.25) is 0 Å². The van der Waals surface area contributed by atoms with Crippen LogP contribution in [0, 0.1) is 0 Å². The van der Waals surface area contributed by atoms with Crippen molar-refractivity contribution in [2.75, 3.05) is 6.54 Å². The zero-order chi connectivity index (χ0) is 10.0. The molecule has 2 fully saturated rings. The predicted octanol–water partition coefficient (Wildman–Crippen LogP) is 1.61. The summed E-state index contributed by atoms with van der Waals surface area (Å²) in [6.45, 7) is 2.91. The molecule has 0 aromatic heterocycles. The van der Waals surface area contributed by atoms with Gasteiger partial charge >= 0.3 is 5.97 Å². The van der Waals surface area contributed by atoms with Crippen molar-refractivity contribution >= 4 is 5.97 Å². The van der Waals surface area contributed by atoms with E-state index in [9.17, 15) is 4.79 Å². The summed E-state index contributed by atoms with van der Waals surface area (Å²) < 4.78 is 5.43. The van der Waals surface area contributed by atoms with Gasteiger partial charge in [-0.05, 0) is 52.0 Å². The van der Waals surface area contributed by atoms with Crippen LogP contribution in [0.25, 0.3) is 0 Å². The van der Waals surface area contributed by atoms with E-state index in [1.54, 1.807) is 0 Å². The molecule has 80 valence electrons. The van der Waals surface area contributed by atoms with E-state index < -0.39 is 5.54 Å². The highest BCUT2D eigenvalue weighted by atomic mass is 16.5. The number of ether oxygens (including phenoxy) is 1. The molecule has 1 unspecified atom stereocenters. The highest BCUT2D eigenvalue weighted by molar-refractivity contribution is 5.80. The van der Waals surface area contributed by atoms with Gasteiger partial charge < -0.3 is 10.1 Å². The number of nitrogens with one attached hydrogen (secondary N) is 1. The first-order valence-corrected chi connectivity index (χ1v) is 5.67. The third-order valence-electron chi connectivity index (χ3n) is 3.40. The summed E-state index contributed by atoms with van der Waals surface area (Å²) in [5.41, 5.74) is -0.409. The minimum atomic E-state index is -0.409. The topological polar surface area (TPSA) is 38.3 Å². The van der Waals surface area contributed by atoms with Crippen LogP contribution in [-0.4, -0.2) is 24.2 Å². The molecule has 0 bridgehead atoms. The predicted molar refractivity (Wildman–Crippen MR) is 54.0 cm³/mol. The van der Waals surface area contributed by atoms with E-state index in [1.165, 1.54) is 12.8 Å². The summed E-state index contributed by atoms with van der Waals surface area (Å²) in [5, 5.41) is 3.27. The van der Waals surface area contributed by atoms with E-state index in [-0.39, 0.29) is 12.1 Å². The fraction of sp³-hybridized carbons (Fsp3) is 0.909. The molecule has 1 aliphatic heterocycles. The van der Waals surface area contributed by atoms with Gasteiger partial charge in [0, 0.05) is 0 Å². The van der Waals surface area contributed by atoms with Gasteiger partial charge in [0.2, 0.25) is 0 Å². The fourth-order valence-electron chi connectivity index (χ4n) is 2.00. The van der Waals surface area contributed by atoms with Crippen molar-refractivity contribution < 1.29 is 9.53 Å². The molecule has 14 heavy (non-hydrogen) atoms. The Bertz CT molecular complexity index is 217. The molecule has 2 rings (SSSR count). The van der Waals surface area contributed by atoms with Crippen LogP contribution in [0.1, 0.15) is 45.4 Å². The molecule has 0 aromatic rings. The van der Waals surface area contributed by atoms with E-state index >= 15 is 0 Å². The molecule has 1 heterocycles. The first-order valence-electron chi connectivity index (χ1n) is 5.67. The second kappa shape index (κ2) is 3.89. The number of piperidine rings is 1. The van der Waals surface area contributed by atoms with Gasteiger partial charge in [0.15, 0.2) is 0 Å². The Kier molecular flexibility index (Phi) is 2.77. The lowest BCUT2D eigenvalue weighted by Gasteiger charge is -2.35. The van der Waals surface area contributed by atoms with Crippen molar-refractivity contribution in [2.45, 2.75) is 57.1 Å². The van der Waals surface area contributed by atoms with Gasteiger partial charge in [0.25, 0.3) is 0 Å². The Balaban J connectivity index is 1.87. The summed E-state index contributed by atoms with van der Waals surface area (Å²) in [5.74, 6) is -0.0399. The third-order valence-corrected chi connectivity index (χ3v) is 3.40. The summed E-state index contributed by atoms with van der Waals surface area (Å²) in [4.78, 5) is 11.8. The van der Waals surface area contributed by atoms with Gasteiger partial charge in [-0.25, -0.2) is 0 Å². The standard InChI is InChI=1S/C11H19NO2/c1-11(7-2-3-8-12-11)10(13)14-9-5-4-6-9/h9,12H,2-8H2,1H3. The number of hydrogen-bond donors (Lipinski definition) is 1. The Morgan fingerprint density at radius 3 is 2.64 bits per heavy atom. The van der Waals surface area contributed by atoms with Gasteiger partial charge in [-0.3, -0.25) is 4.79 Å². The van der Waals surface area contributed by atoms with Crippen LogP contribution in [0.5, 0.6) is 0 Å². The van der Waals surface area contributed by atoms with Crippen molar-refractivity contribution in [1.82, 2.24) is 5.32 Å². The van der Waals surface area contributed by atoms with Crippen LogP contribution < -0.4 is 5.32 Å². The maximum Gasteiger partial charge on any atom is 0.326 e. The Labute approximate surface area is 85.2 Å². The number of rotatable bonds is 2. The maximum absolute atomic E-state index is 11.8. The zero-order valence-corrected chi connectivity index (χ0v) is 8.84. The van der Waals surface area contributed by atoms with Crippen LogP contribution in [0.3, 0.4) is 0 Å². The number of carbonyl (C=O) groups excluding carboxylic acids is 1. The lowest BCUT2D eigenvalue weighted by Crippen LogP contribution is -2.54. The van der Waals surface area contributed by atoms with Crippen LogP contribution >= 0.6 is 0 Å². The van der Waals surface area contributed by atoms with Crippen molar-refractivity contribution in [3.05, 3.63) is 0 Å². The maximum atomic E-state index is 11.8. The molecule has 0 amide bonds. The van der Waals surface area contributed by atoms with Gasteiger partial charge in [0.05, 0.1) is 0 Å². The van der Waals surface area contributed by atoms with E-state index in [0.717, 1.165) is 32.2 Å². The minimum Gasteiger partial charge on any atom is -0.461 e. The zero-order valence-electron chi connectivity index (χ0n) is 8.84. The summed E-state index contributed by atoms with van der Waals surface area (Å²) in [7, 11) is 0. The monoisotopic (exact) mass is 197 g/mol. The molecule has 0 aromatic carbocycles. The first-order chi connectivity index (χ1) is 6.71. The first kappa shape index (κ1) is 9.97. The lowest BCUT2D eigenvalue weighted by atomic mass is 9.90. The second-order valence-corrected chi connectivity index (χ2v) is 4.67. The van der Waals surface area contributed by atoms with Crippen molar-refractivity contribution in [3.63, 3.8) is 0 Å². The molecule has 0 spiro atoms. The highest BCUT2D eigenvalue weighted by Crippen LogP contribution is 2.26. The number of carbonyl (C=O) groups is 1. The van der Waals surface area contributed by atoms with Gasteiger partial charge in [-0.2, -0.15) is 0 Å². The van der Waals surface area contributed by atoms with Crippen LogP contribution in [0.4, 0.5) is 0 Å². The van der Waals surface area contributed by atoms with Crippen molar-refractivity contribution in [2.24, 2.45) is 0 Å². The van der Waals surface area contributed by atoms with Gasteiger partial charge in [0.1, 0.15) is 11.6 Å². The van der Waals surface area contributed by atoms with E-state index in [2.05, 4.69) is 5.32 Å². The summed E-state index contributed by atoms with van der Waals surface area (Å²) in [6, 6.07) is 0. The Morgan fingerprint density at radius 2 is 2.14 bits per heavy atom. The second-order valence-electron chi connectivity index (χ2n) is 4.67. The quantitative estimate of drug-likeness (QED) is 0.683. The molecule has 1 aliphatic carbocycles. The van der Waals surface area contributed by atoms with Crippen molar-refractivity contribution in [3.8, 4) is 0 Å². The van der Waals surface area contributed by atoms with Crippen molar-refractivity contribution in [1.29, 1.82) is 0 Å². The van der Waals surface area contributed by atoms with Gasteiger partial charge in [-0.1, -0.05) is 0 Å². The lowest BCUT2D eigenvalue weighted by molar-refractivity contribution is -0.161. The number of hydrogen-bond acceptors (Lipinski definition) is 3.